The van der Waals surface area contributed by atoms with Crippen LogP contribution in [0.15, 0.2) is 35.6 Å². The van der Waals surface area contributed by atoms with Crippen LogP contribution in [-0.4, -0.2) is 73.0 Å². The molecule has 1 N–H and O–H groups in total. The van der Waals surface area contributed by atoms with Crippen LogP contribution < -0.4 is 5.32 Å². The molecule has 3 heterocycles. The van der Waals surface area contributed by atoms with Crippen molar-refractivity contribution in [2.24, 2.45) is 0 Å². The zero-order valence-electron chi connectivity index (χ0n) is 21.7. The maximum absolute atomic E-state index is 14.8. The van der Waals surface area contributed by atoms with Crippen LogP contribution in [0.5, 0.6) is 0 Å². The summed E-state index contributed by atoms with van der Waals surface area (Å²) < 4.78 is 70.2. The number of sulfone groups is 1. The number of nitrogens with zero attached hydrogens (tertiary/aromatic N) is 4. The minimum atomic E-state index is -3.80. The van der Waals surface area contributed by atoms with Crippen LogP contribution in [0.25, 0.3) is 11.0 Å². The van der Waals surface area contributed by atoms with Gasteiger partial charge < -0.3 is 15.0 Å². The molecule has 0 aliphatic carbocycles. The maximum Gasteiger partial charge on any atom is 0.410 e. The van der Waals surface area contributed by atoms with Crippen LogP contribution >= 0.6 is 0 Å². The molecule has 4 rings (SSSR count). The number of carbonyl (C=O) groups is 1. The van der Waals surface area contributed by atoms with E-state index in [1.54, 1.807) is 25.7 Å². The third-order valence-corrected chi connectivity index (χ3v) is 8.25. The van der Waals surface area contributed by atoms with Crippen LogP contribution in [0.4, 0.5) is 20.7 Å². The van der Waals surface area contributed by atoms with Gasteiger partial charge in [0.25, 0.3) is 0 Å². The van der Waals surface area contributed by atoms with Crippen molar-refractivity contribution in [1.29, 1.82) is 0 Å². The molecule has 0 bridgehead atoms. The first kappa shape index (κ1) is 27.8. The Morgan fingerprint density at radius 1 is 1.11 bits per heavy atom. The Balaban J connectivity index is 1.69. The van der Waals surface area contributed by atoms with Gasteiger partial charge in [-0.25, -0.2) is 40.0 Å². The van der Waals surface area contributed by atoms with Gasteiger partial charge in [-0.2, -0.15) is 0 Å². The van der Waals surface area contributed by atoms with E-state index in [0.717, 1.165) is 22.6 Å². The quantitative estimate of drug-likeness (QED) is 0.489. The molecular weight excluding hydrogens is 537 g/mol. The number of hydrogen-bond acceptors (Lipinski definition) is 9. The van der Waals surface area contributed by atoms with Crippen molar-refractivity contribution >= 4 is 48.5 Å². The Labute approximate surface area is 221 Å². The van der Waals surface area contributed by atoms with Crippen molar-refractivity contribution < 1.29 is 30.8 Å². The number of amides is 1. The fourth-order valence-corrected chi connectivity index (χ4v) is 5.80. The number of aromatic nitrogens is 3. The van der Waals surface area contributed by atoms with E-state index in [-0.39, 0.29) is 27.8 Å². The van der Waals surface area contributed by atoms with Crippen LogP contribution in [-0.2, 0) is 24.6 Å². The van der Waals surface area contributed by atoms with Crippen LogP contribution in [0.3, 0.4) is 0 Å². The lowest BCUT2D eigenvalue weighted by atomic mass is 9.90. The van der Waals surface area contributed by atoms with Gasteiger partial charge in [-0.15, -0.1) is 0 Å². The summed E-state index contributed by atoms with van der Waals surface area (Å²) in [6, 6.07) is 3.38. The van der Waals surface area contributed by atoms with E-state index in [0.29, 0.717) is 37.0 Å². The van der Waals surface area contributed by atoms with Crippen molar-refractivity contribution in [3.05, 3.63) is 42.1 Å². The number of piperidine rings is 1. The molecule has 1 saturated heterocycles. The summed E-state index contributed by atoms with van der Waals surface area (Å²) in [6.07, 6.45) is 5.50. The molecule has 0 atom stereocenters. The molecule has 0 saturated carbocycles. The average molecular weight is 568 g/mol. The summed E-state index contributed by atoms with van der Waals surface area (Å²) in [4.78, 5) is 22.4. The number of anilines is 2. The van der Waals surface area contributed by atoms with Gasteiger partial charge in [-0.1, -0.05) is 0 Å². The Bertz CT molecular complexity index is 1600. The second-order valence-electron chi connectivity index (χ2n) is 10.3. The van der Waals surface area contributed by atoms with Crippen LogP contribution in [0, 0.1) is 5.82 Å². The van der Waals surface area contributed by atoms with Gasteiger partial charge in [0.2, 0.25) is 10.0 Å². The minimum absolute atomic E-state index is 0.0453. The number of nitrogens with one attached hydrogen (secondary N) is 1. The van der Waals surface area contributed by atoms with E-state index in [2.05, 4.69) is 15.3 Å². The number of halogens is 1. The largest absolute Gasteiger partial charge is 0.444 e. The molecule has 38 heavy (non-hydrogen) atoms. The highest BCUT2D eigenvalue weighted by Gasteiger charge is 2.31. The molecule has 1 aromatic carbocycles. The van der Waals surface area contributed by atoms with Gasteiger partial charge in [0.1, 0.15) is 23.3 Å². The molecule has 3 aromatic rings. The van der Waals surface area contributed by atoms with Crippen LogP contribution in [0.2, 0.25) is 0 Å². The standard InChI is InChI=1S/C24H30FN5O6S2/c1-24(2,3)36-23(31)29-10-8-15(9-11-29)17-13-30(38(5,34)35)21-20(17)26-14-27-22(21)28-19-7-6-16(12-18(19)25)37(4,32)33/h6-7,12-15H,8-11H2,1-5H3,(H,26,27,28). The SMILES string of the molecule is CC(C)(C)OC(=O)N1CCC(c2cn(S(C)(=O)=O)c3c(Nc4ccc(S(C)(=O)=O)cc4F)ncnc23)CC1. The number of fused-ring (bicyclic) bond motifs is 1. The second-order valence-corrected chi connectivity index (χ2v) is 14.2. The molecule has 2 aromatic heterocycles. The Morgan fingerprint density at radius 2 is 1.76 bits per heavy atom. The van der Waals surface area contributed by atoms with E-state index in [4.69, 9.17) is 4.74 Å². The van der Waals surface area contributed by atoms with Gasteiger partial charge in [-0.05, 0) is 57.7 Å². The van der Waals surface area contributed by atoms with Gasteiger partial charge in [0.05, 0.1) is 22.4 Å². The number of hydrogen-bond donors (Lipinski definition) is 1. The predicted molar refractivity (Wildman–Crippen MR) is 140 cm³/mol. The molecule has 1 fully saturated rings. The first-order chi connectivity index (χ1) is 17.5. The summed E-state index contributed by atoms with van der Waals surface area (Å²) in [6.45, 7) is 6.26. The van der Waals surface area contributed by atoms with Gasteiger partial charge in [0.15, 0.2) is 15.7 Å². The summed E-state index contributed by atoms with van der Waals surface area (Å²) in [5.41, 5.74) is 0.517. The van der Waals surface area contributed by atoms with Crippen molar-refractivity contribution in [1.82, 2.24) is 18.8 Å². The average Bonchev–Trinajstić information content (AvgIpc) is 3.20. The zero-order chi connectivity index (χ0) is 28.0. The summed E-state index contributed by atoms with van der Waals surface area (Å²) >= 11 is 0. The Hall–Kier alpha value is -3.26. The smallest absolute Gasteiger partial charge is 0.410 e. The minimum Gasteiger partial charge on any atom is -0.444 e. The van der Waals surface area contributed by atoms with E-state index in [9.17, 15) is 26.0 Å². The van der Waals surface area contributed by atoms with E-state index >= 15 is 0 Å². The third kappa shape index (κ3) is 5.90. The molecule has 14 heteroatoms. The molecular formula is C24H30FN5O6S2. The highest BCUT2D eigenvalue weighted by atomic mass is 32.2. The lowest BCUT2D eigenvalue weighted by molar-refractivity contribution is 0.0205. The predicted octanol–water partition coefficient (Wildman–Crippen LogP) is 3.64. The van der Waals surface area contributed by atoms with Crippen molar-refractivity contribution in [3.8, 4) is 0 Å². The lowest BCUT2D eigenvalue weighted by Crippen LogP contribution is -2.41. The van der Waals surface area contributed by atoms with Gasteiger partial charge >= 0.3 is 6.09 Å². The number of carbonyl (C=O) groups excluding carboxylic acids is 1. The highest BCUT2D eigenvalue weighted by molar-refractivity contribution is 7.90. The molecule has 0 spiro atoms. The van der Waals surface area contributed by atoms with Gasteiger partial charge in [0, 0.05) is 31.1 Å². The highest BCUT2D eigenvalue weighted by Crippen LogP contribution is 2.37. The zero-order valence-corrected chi connectivity index (χ0v) is 23.4. The number of likely N-dealkylation sites (tertiary alicyclic amines) is 1. The van der Waals surface area contributed by atoms with Crippen molar-refractivity contribution in [2.75, 3.05) is 30.9 Å². The van der Waals surface area contributed by atoms with Crippen molar-refractivity contribution in [3.63, 3.8) is 0 Å². The summed E-state index contributed by atoms with van der Waals surface area (Å²) in [7, 11) is -7.42. The number of ether oxygens (including phenoxy) is 1. The first-order valence-electron chi connectivity index (χ1n) is 11.9. The maximum atomic E-state index is 14.8. The topological polar surface area (TPSA) is 141 Å². The molecule has 0 radical (unpaired) electrons. The van der Waals surface area contributed by atoms with Crippen molar-refractivity contribution in [2.45, 2.75) is 50.0 Å². The summed E-state index contributed by atoms with van der Waals surface area (Å²) in [5.74, 6) is -0.886. The third-order valence-electron chi connectivity index (χ3n) is 6.14. The fourth-order valence-electron chi connectivity index (χ4n) is 4.36. The number of benzene rings is 1. The Morgan fingerprint density at radius 3 is 2.32 bits per heavy atom. The molecule has 1 amide bonds. The molecule has 1 aliphatic heterocycles. The number of rotatable bonds is 5. The second kappa shape index (κ2) is 9.80. The van der Waals surface area contributed by atoms with Crippen LogP contribution in [0.1, 0.15) is 45.1 Å². The molecule has 206 valence electrons. The molecule has 1 aliphatic rings. The van der Waals surface area contributed by atoms with E-state index in [1.807, 2.05) is 0 Å². The molecule has 0 unspecified atom stereocenters. The monoisotopic (exact) mass is 567 g/mol. The lowest BCUT2D eigenvalue weighted by Gasteiger charge is -2.33. The van der Waals surface area contributed by atoms with Gasteiger partial charge in [-0.3, -0.25) is 0 Å². The fraction of sp³-hybridized carbons (Fsp3) is 0.458. The van der Waals surface area contributed by atoms with E-state index < -0.39 is 37.4 Å². The molecule has 11 nitrogen and oxygen atoms in total. The normalized spacial score (nSPS) is 15.6. The van der Waals surface area contributed by atoms with E-state index in [1.165, 1.54) is 24.7 Å². The summed E-state index contributed by atoms with van der Waals surface area (Å²) in [5, 5.41) is 2.79. The Kier molecular flexibility index (Phi) is 7.16. The first-order valence-corrected chi connectivity index (χ1v) is 15.6.